The minimum Gasteiger partial charge on any atom is -0.488 e. The van der Waals surface area contributed by atoms with Crippen LogP contribution < -0.4 is 9.64 Å². The minimum atomic E-state index is -0.199. The van der Waals surface area contributed by atoms with E-state index in [0.29, 0.717) is 0 Å². The molecule has 1 aromatic heterocycles. The molecule has 1 aliphatic rings. The van der Waals surface area contributed by atoms with Crippen LogP contribution in [0.15, 0.2) is 30.5 Å². The maximum atomic E-state index is 5.92. The maximum absolute atomic E-state index is 5.92. The van der Waals surface area contributed by atoms with Crippen LogP contribution in [-0.4, -0.2) is 36.9 Å². The number of hydrogen-bond acceptors (Lipinski definition) is 4. The summed E-state index contributed by atoms with van der Waals surface area (Å²) in [6.45, 7) is 9.58. The highest BCUT2D eigenvalue weighted by Crippen LogP contribution is 2.29. The van der Waals surface area contributed by atoms with Crippen LogP contribution in [0.2, 0.25) is 0 Å². The van der Waals surface area contributed by atoms with E-state index in [9.17, 15) is 0 Å². The molecule has 0 amide bonds. The van der Waals surface area contributed by atoms with Gasteiger partial charge in [0.2, 0.25) is 0 Å². The van der Waals surface area contributed by atoms with Crippen LogP contribution in [0, 0.1) is 0 Å². The number of hydrogen-bond donors (Lipinski definition) is 0. The third kappa shape index (κ3) is 3.27. The van der Waals surface area contributed by atoms with E-state index in [4.69, 9.17) is 9.47 Å². The summed E-state index contributed by atoms with van der Waals surface area (Å²) in [7, 11) is 0. The Kier molecular flexibility index (Phi) is 3.72. The van der Waals surface area contributed by atoms with Gasteiger partial charge in [0.25, 0.3) is 0 Å². The van der Waals surface area contributed by atoms with Gasteiger partial charge in [0.15, 0.2) is 0 Å². The predicted octanol–water partition coefficient (Wildman–Crippen LogP) is 3.25. The SMILES string of the molecule is CC(C)(C)Oc1ccc2c(N3CCOCC3)ccnc2c1. The number of morpholine rings is 1. The summed E-state index contributed by atoms with van der Waals surface area (Å²) in [5.74, 6) is 0.863. The molecule has 4 heteroatoms. The zero-order valence-corrected chi connectivity index (χ0v) is 12.9. The summed E-state index contributed by atoms with van der Waals surface area (Å²) in [5.41, 5.74) is 2.00. The van der Waals surface area contributed by atoms with Crippen molar-refractivity contribution >= 4 is 16.6 Å². The van der Waals surface area contributed by atoms with E-state index in [2.05, 4.69) is 42.8 Å². The van der Waals surface area contributed by atoms with Crippen molar-refractivity contribution in [1.29, 1.82) is 0 Å². The Hall–Kier alpha value is -1.81. The molecular weight excluding hydrogens is 264 g/mol. The van der Waals surface area contributed by atoms with Crippen molar-refractivity contribution in [3.05, 3.63) is 30.5 Å². The summed E-state index contributed by atoms with van der Waals surface area (Å²) in [6.07, 6.45) is 1.87. The molecule has 1 saturated heterocycles. The maximum Gasteiger partial charge on any atom is 0.122 e. The van der Waals surface area contributed by atoms with Crippen molar-refractivity contribution in [2.45, 2.75) is 26.4 Å². The number of fused-ring (bicyclic) bond motifs is 1. The van der Waals surface area contributed by atoms with Gasteiger partial charge in [-0.25, -0.2) is 0 Å². The molecular formula is C17H22N2O2. The molecule has 0 bridgehead atoms. The fourth-order valence-corrected chi connectivity index (χ4v) is 2.61. The van der Waals surface area contributed by atoms with E-state index < -0.39 is 0 Å². The van der Waals surface area contributed by atoms with Gasteiger partial charge in [-0.05, 0) is 39.0 Å². The highest BCUT2D eigenvalue weighted by atomic mass is 16.5. The van der Waals surface area contributed by atoms with Crippen molar-refractivity contribution in [3.63, 3.8) is 0 Å². The van der Waals surface area contributed by atoms with Crippen LogP contribution in [0.25, 0.3) is 10.9 Å². The number of pyridine rings is 1. The van der Waals surface area contributed by atoms with Crippen LogP contribution >= 0.6 is 0 Å². The minimum absolute atomic E-state index is 0.199. The quantitative estimate of drug-likeness (QED) is 0.849. The first-order valence-electron chi connectivity index (χ1n) is 7.43. The molecule has 0 atom stereocenters. The molecule has 1 fully saturated rings. The molecule has 4 nitrogen and oxygen atoms in total. The number of rotatable bonds is 2. The molecule has 2 aromatic rings. The molecule has 112 valence electrons. The Morgan fingerprint density at radius 2 is 1.90 bits per heavy atom. The lowest BCUT2D eigenvalue weighted by Gasteiger charge is -2.29. The second kappa shape index (κ2) is 5.53. The molecule has 2 heterocycles. The molecule has 21 heavy (non-hydrogen) atoms. The molecule has 0 saturated carbocycles. The van der Waals surface area contributed by atoms with Gasteiger partial charge in [-0.2, -0.15) is 0 Å². The van der Waals surface area contributed by atoms with Gasteiger partial charge in [0.05, 0.1) is 18.7 Å². The average Bonchev–Trinajstić information content (AvgIpc) is 2.45. The lowest BCUT2D eigenvalue weighted by Crippen LogP contribution is -2.36. The topological polar surface area (TPSA) is 34.6 Å². The van der Waals surface area contributed by atoms with Crippen LogP contribution in [-0.2, 0) is 4.74 Å². The van der Waals surface area contributed by atoms with Crippen LogP contribution in [0.1, 0.15) is 20.8 Å². The van der Waals surface area contributed by atoms with E-state index in [1.165, 1.54) is 11.1 Å². The Labute approximate surface area is 125 Å². The van der Waals surface area contributed by atoms with E-state index in [1.54, 1.807) is 0 Å². The Morgan fingerprint density at radius 1 is 1.14 bits per heavy atom. The number of anilines is 1. The van der Waals surface area contributed by atoms with Crippen molar-refractivity contribution in [1.82, 2.24) is 4.98 Å². The largest absolute Gasteiger partial charge is 0.488 e. The van der Waals surface area contributed by atoms with Gasteiger partial charge in [0, 0.05) is 36.4 Å². The first kappa shape index (κ1) is 14.1. The standard InChI is InChI=1S/C17H22N2O2/c1-17(2,3)21-13-4-5-14-15(12-13)18-7-6-16(14)19-8-10-20-11-9-19/h4-7,12H,8-11H2,1-3H3. The predicted molar refractivity (Wildman–Crippen MR) is 85.2 cm³/mol. The van der Waals surface area contributed by atoms with Gasteiger partial charge >= 0.3 is 0 Å². The number of nitrogens with zero attached hydrogens (tertiary/aromatic N) is 2. The first-order valence-corrected chi connectivity index (χ1v) is 7.43. The Bertz CT molecular complexity index is 628. The lowest BCUT2D eigenvalue weighted by atomic mass is 10.1. The van der Waals surface area contributed by atoms with Gasteiger partial charge in [-0.1, -0.05) is 0 Å². The molecule has 0 unspecified atom stereocenters. The second-order valence-corrected chi connectivity index (χ2v) is 6.32. The van der Waals surface area contributed by atoms with Crippen LogP contribution in [0.3, 0.4) is 0 Å². The lowest BCUT2D eigenvalue weighted by molar-refractivity contribution is 0.123. The van der Waals surface area contributed by atoms with Gasteiger partial charge < -0.3 is 14.4 Å². The highest BCUT2D eigenvalue weighted by molar-refractivity contribution is 5.92. The Balaban J connectivity index is 1.96. The molecule has 0 radical (unpaired) electrons. The molecule has 0 N–H and O–H groups in total. The molecule has 3 rings (SSSR count). The van der Waals surface area contributed by atoms with Gasteiger partial charge in [0.1, 0.15) is 11.4 Å². The van der Waals surface area contributed by atoms with Crippen molar-refractivity contribution in [3.8, 4) is 5.75 Å². The monoisotopic (exact) mass is 286 g/mol. The summed E-state index contributed by atoms with van der Waals surface area (Å²) < 4.78 is 11.4. The third-order valence-corrected chi connectivity index (χ3v) is 3.47. The molecule has 1 aliphatic heterocycles. The summed E-state index contributed by atoms with van der Waals surface area (Å²) >= 11 is 0. The van der Waals surface area contributed by atoms with Gasteiger partial charge in [-0.3, -0.25) is 4.98 Å². The fraction of sp³-hybridized carbons (Fsp3) is 0.471. The summed E-state index contributed by atoms with van der Waals surface area (Å²) in [5, 5.41) is 1.17. The number of ether oxygens (including phenoxy) is 2. The van der Waals surface area contributed by atoms with Crippen molar-refractivity contribution in [2.75, 3.05) is 31.2 Å². The van der Waals surface area contributed by atoms with Crippen LogP contribution in [0.4, 0.5) is 5.69 Å². The molecule has 0 aliphatic carbocycles. The fourth-order valence-electron chi connectivity index (χ4n) is 2.61. The van der Waals surface area contributed by atoms with E-state index >= 15 is 0 Å². The average molecular weight is 286 g/mol. The molecule has 0 spiro atoms. The van der Waals surface area contributed by atoms with Crippen molar-refractivity contribution < 1.29 is 9.47 Å². The third-order valence-electron chi connectivity index (χ3n) is 3.47. The van der Waals surface area contributed by atoms with E-state index in [1.807, 2.05) is 18.3 Å². The Morgan fingerprint density at radius 3 is 2.62 bits per heavy atom. The van der Waals surface area contributed by atoms with Crippen LogP contribution in [0.5, 0.6) is 5.75 Å². The first-order chi connectivity index (χ1) is 10.0. The summed E-state index contributed by atoms with van der Waals surface area (Å²) in [6, 6.07) is 8.23. The molecule has 1 aromatic carbocycles. The summed E-state index contributed by atoms with van der Waals surface area (Å²) in [4.78, 5) is 6.85. The number of benzene rings is 1. The highest BCUT2D eigenvalue weighted by Gasteiger charge is 2.16. The van der Waals surface area contributed by atoms with E-state index in [0.717, 1.165) is 37.6 Å². The van der Waals surface area contributed by atoms with Crippen molar-refractivity contribution in [2.24, 2.45) is 0 Å². The zero-order chi connectivity index (χ0) is 14.9. The zero-order valence-electron chi connectivity index (χ0n) is 12.9. The smallest absolute Gasteiger partial charge is 0.122 e. The number of aromatic nitrogens is 1. The normalized spacial score (nSPS) is 16.2. The second-order valence-electron chi connectivity index (χ2n) is 6.32. The van der Waals surface area contributed by atoms with E-state index in [-0.39, 0.29) is 5.60 Å². The van der Waals surface area contributed by atoms with Gasteiger partial charge in [-0.15, -0.1) is 0 Å².